The number of hydrogen-bond acceptors (Lipinski definition) is 6. The Bertz CT molecular complexity index is 551. The topological polar surface area (TPSA) is 63.4 Å². The summed E-state index contributed by atoms with van der Waals surface area (Å²) < 4.78 is 10.8. The van der Waals surface area contributed by atoms with Crippen LogP contribution < -0.4 is 15.0 Å². The van der Waals surface area contributed by atoms with Gasteiger partial charge >= 0.3 is 6.01 Å². The number of methoxy groups -OCH3 is 1. The molecule has 6 nitrogen and oxygen atoms in total. The van der Waals surface area contributed by atoms with Crippen LogP contribution in [-0.2, 0) is 13.1 Å². The molecule has 0 aliphatic heterocycles. The molecule has 114 valence electrons. The summed E-state index contributed by atoms with van der Waals surface area (Å²) in [6, 6.07) is 8.83. The summed E-state index contributed by atoms with van der Waals surface area (Å²) >= 11 is 0. The summed E-state index contributed by atoms with van der Waals surface area (Å²) in [5.41, 5.74) is 1.15. The Morgan fingerprint density at radius 1 is 1.24 bits per heavy atom. The fraction of sp³-hybridized carbons (Fsp3) is 0.467. The van der Waals surface area contributed by atoms with Crippen molar-refractivity contribution in [2.75, 3.05) is 19.1 Å². The zero-order valence-electron chi connectivity index (χ0n) is 13.0. The second-order valence-corrected chi connectivity index (χ2v) is 5.22. The van der Waals surface area contributed by atoms with Crippen molar-refractivity contribution < 1.29 is 9.15 Å². The van der Waals surface area contributed by atoms with Gasteiger partial charge in [-0.2, -0.15) is 0 Å². The molecule has 0 fully saturated rings. The zero-order chi connectivity index (χ0) is 15.2. The summed E-state index contributed by atoms with van der Waals surface area (Å²) in [5.74, 6) is 1.45. The van der Waals surface area contributed by atoms with Crippen LogP contribution in [0.5, 0.6) is 5.75 Å². The van der Waals surface area contributed by atoms with E-state index in [4.69, 9.17) is 9.15 Å². The van der Waals surface area contributed by atoms with Crippen molar-refractivity contribution in [3.8, 4) is 5.75 Å². The standard InChI is InChI=1S/C15H22N4O2/c1-11(2)16-9-14-17-18-15(21-14)19(3)10-12-5-7-13(20-4)8-6-12/h5-8,11,16H,9-10H2,1-4H3. The zero-order valence-corrected chi connectivity index (χ0v) is 13.0. The van der Waals surface area contributed by atoms with Crippen LogP contribution in [0.2, 0.25) is 0 Å². The Balaban J connectivity index is 1.94. The molecule has 1 aromatic heterocycles. The van der Waals surface area contributed by atoms with E-state index < -0.39 is 0 Å². The lowest BCUT2D eigenvalue weighted by Gasteiger charge is -2.14. The van der Waals surface area contributed by atoms with Gasteiger partial charge in [0.15, 0.2) is 0 Å². The number of benzene rings is 1. The maximum Gasteiger partial charge on any atom is 0.318 e. The van der Waals surface area contributed by atoms with E-state index in [1.165, 1.54) is 0 Å². The number of anilines is 1. The first-order valence-corrected chi connectivity index (χ1v) is 6.98. The second kappa shape index (κ2) is 7.08. The first kappa shape index (κ1) is 15.3. The van der Waals surface area contributed by atoms with Gasteiger partial charge < -0.3 is 19.4 Å². The van der Waals surface area contributed by atoms with E-state index in [-0.39, 0.29) is 0 Å². The first-order valence-electron chi connectivity index (χ1n) is 6.98. The molecule has 0 unspecified atom stereocenters. The van der Waals surface area contributed by atoms with E-state index in [0.717, 1.165) is 11.3 Å². The average molecular weight is 290 g/mol. The molecule has 1 aromatic carbocycles. The highest BCUT2D eigenvalue weighted by Crippen LogP contribution is 2.16. The third-order valence-electron chi connectivity index (χ3n) is 3.02. The predicted octanol–water partition coefficient (Wildman–Crippen LogP) is 2.21. The molecule has 0 aliphatic carbocycles. The molecule has 1 heterocycles. The molecule has 21 heavy (non-hydrogen) atoms. The minimum absolute atomic E-state index is 0.386. The highest BCUT2D eigenvalue weighted by molar-refractivity contribution is 5.31. The molecule has 0 amide bonds. The van der Waals surface area contributed by atoms with Crippen LogP contribution in [0.15, 0.2) is 28.7 Å². The van der Waals surface area contributed by atoms with Crippen molar-refractivity contribution in [3.63, 3.8) is 0 Å². The molecule has 1 N–H and O–H groups in total. The van der Waals surface area contributed by atoms with Crippen molar-refractivity contribution in [1.29, 1.82) is 0 Å². The SMILES string of the molecule is COc1ccc(CN(C)c2nnc(CNC(C)C)o2)cc1. The molecule has 0 atom stereocenters. The quantitative estimate of drug-likeness (QED) is 0.843. The number of ether oxygens (including phenoxy) is 1. The summed E-state index contributed by atoms with van der Waals surface area (Å²) in [7, 11) is 3.59. The highest BCUT2D eigenvalue weighted by Gasteiger charge is 2.11. The first-order chi connectivity index (χ1) is 10.1. The molecule has 0 saturated carbocycles. The molecular formula is C15H22N4O2. The van der Waals surface area contributed by atoms with E-state index in [0.29, 0.717) is 31.0 Å². The molecule has 0 radical (unpaired) electrons. The Morgan fingerprint density at radius 3 is 2.57 bits per heavy atom. The normalized spacial score (nSPS) is 10.9. The molecule has 0 spiro atoms. The largest absolute Gasteiger partial charge is 0.497 e. The third kappa shape index (κ3) is 4.46. The van der Waals surface area contributed by atoms with Crippen molar-refractivity contribution in [2.45, 2.75) is 33.0 Å². The van der Waals surface area contributed by atoms with E-state index in [1.54, 1.807) is 7.11 Å². The minimum atomic E-state index is 0.386. The van der Waals surface area contributed by atoms with Crippen LogP contribution in [0.1, 0.15) is 25.3 Å². The highest BCUT2D eigenvalue weighted by atomic mass is 16.5. The molecule has 6 heteroatoms. The van der Waals surface area contributed by atoms with Gasteiger partial charge in [0.2, 0.25) is 5.89 Å². The van der Waals surface area contributed by atoms with Crippen LogP contribution in [0.3, 0.4) is 0 Å². The van der Waals surface area contributed by atoms with Gasteiger partial charge in [0.1, 0.15) is 5.75 Å². The molecule has 0 aliphatic rings. The predicted molar refractivity (Wildman–Crippen MR) is 81.4 cm³/mol. The lowest BCUT2D eigenvalue weighted by molar-refractivity contribution is 0.414. The van der Waals surface area contributed by atoms with E-state index in [9.17, 15) is 0 Å². The number of aromatic nitrogens is 2. The summed E-state index contributed by atoms with van der Waals surface area (Å²) in [6.45, 7) is 5.43. The van der Waals surface area contributed by atoms with Gasteiger partial charge in [0, 0.05) is 19.6 Å². The van der Waals surface area contributed by atoms with Crippen molar-refractivity contribution >= 4 is 6.01 Å². The van der Waals surface area contributed by atoms with Gasteiger partial charge in [-0.05, 0) is 17.7 Å². The number of nitrogens with zero attached hydrogens (tertiary/aromatic N) is 3. The lowest BCUT2D eigenvalue weighted by atomic mass is 10.2. The molecule has 2 aromatic rings. The summed E-state index contributed by atoms with van der Waals surface area (Å²) in [5, 5.41) is 11.4. The van der Waals surface area contributed by atoms with E-state index in [2.05, 4.69) is 29.4 Å². The summed E-state index contributed by atoms with van der Waals surface area (Å²) in [4.78, 5) is 1.92. The Labute approximate surface area is 125 Å². The Kier molecular flexibility index (Phi) is 5.16. The van der Waals surface area contributed by atoms with Gasteiger partial charge in [-0.25, -0.2) is 0 Å². The fourth-order valence-corrected chi connectivity index (χ4v) is 1.83. The number of rotatable bonds is 7. The van der Waals surface area contributed by atoms with Crippen LogP contribution in [0, 0.1) is 0 Å². The third-order valence-corrected chi connectivity index (χ3v) is 3.02. The van der Waals surface area contributed by atoms with Crippen molar-refractivity contribution in [2.24, 2.45) is 0 Å². The minimum Gasteiger partial charge on any atom is -0.497 e. The second-order valence-electron chi connectivity index (χ2n) is 5.22. The van der Waals surface area contributed by atoms with Crippen molar-refractivity contribution in [1.82, 2.24) is 15.5 Å². The van der Waals surface area contributed by atoms with Gasteiger partial charge in [0.25, 0.3) is 0 Å². The maximum absolute atomic E-state index is 5.63. The van der Waals surface area contributed by atoms with Crippen LogP contribution in [0.25, 0.3) is 0 Å². The maximum atomic E-state index is 5.63. The number of hydrogen-bond donors (Lipinski definition) is 1. The van der Waals surface area contributed by atoms with Gasteiger partial charge in [-0.1, -0.05) is 31.1 Å². The van der Waals surface area contributed by atoms with Crippen LogP contribution >= 0.6 is 0 Å². The Hall–Kier alpha value is -2.08. The van der Waals surface area contributed by atoms with Crippen LogP contribution in [0.4, 0.5) is 6.01 Å². The van der Waals surface area contributed by atoms with Crippen molar-refractivity contribution in [3.05, 3.63) is 35.7 Å². The summed E-state index contributed by atoms with van der Waals surface area (Å²) in [6.07, 6.45) is 0. The lowest BCUT2D eigenvalue weighted by Crippen LogP contribution is -2.22. The van der Waals surface area contributed by atoms with E-state index >= 15 is 0 Å². The monoisotopic (exact) mass is 290 g/mol. The van der Waals surface area contributed by atoms with Gasteiger partial charge in [-0.3, -0.25) is 0 Å². The molecule has 2 rings (SSSR count). The Morgan fingerprint density at radius 2 is 1.95 bits per heavy atom. The smallest absolute Gasteiger partial charge is 0.318 e. The fourth-order valence-electron chi connectivity index (χ4n) is 1.83. The molecule has 0 saturated heterocycles. The van der Waals surface area contributed by atoms with Crippen LogP contribution in [-0.4, -0.2) is 30.4 Å². The average Bonchev–Trinajstić information content (AvgIpc) is 2.95. The van der Waals surface area contributed by atoms with Gasteiger partial charge in [-0.15, -0.1) is 5.10 Å². The number of nitrogens with one attached hydrogen (secondary N) is 1. The molecular weight excluding hydrogens is 268 g/mol. The van der Waals surface area contributed by atoms with E-state index in [1.807, 2.05) is 36.2 Å². The molecule has 0 bridgehead atoms. The van der Waals surface area contributed by atoms with Gasteiger partial charge in [0.05, 0.1) is 13.7 Å².